The lowest BCUT2D eigenvalue weighted by Crippen LogP contribution is -2.50. The van der Waals surface area contributed by atoms with Gasteiger partial charge in [-0.25, -0.2) is 0 Å². The van der Waals surface area contributed by atoms with Gasteiger partial charge in [0.2, 0.25) is 0 Å². The molecule has 0 aromatic rings. The summed E-state index contributed by atoms with van der Waals surface area (Å²) in [5.41, 5.74) is 0.361. The second-order valence-electron chi connectivity index (χ2n) is 5.34. The highest BCUT2D eigenvalue weighted by molar-refractivity contribution is 4.85. The molecule has 0 N–H and O–H groups in total. The molecule has 2 unspecified atom stereocenters. The summed E-state index contributed by atoms with van der Waals surface area (Å²) >= 11 is 0. The van der Waals surface area contributed by atoms with Gasteiger partial charge in [-0.1, -0.05) is 6.92 Å². The van der Waals surface area contributed by atoms with Crippen LogP contribution in [0.5, 0.6) is 0 Å². The summed E-state index contributed by atoms with van der Waals surface area (Å²) in [6, 6.07) is 0.772. The maximum absolute atomic E-state index is 2.63. The van der Waals surface area contributed by atoms with Gasteiger partial charge in [0, 0.05) is 11.6 Å². The first-order valence-electron chi connectivity index (χ1n) is 5.18. The molecule has 1 rings (SSSR count). The Morgan fingerprint density at radius 1 is 1.17 bits per heavy atom. The molecule has 1 heteroatoms. The van der Waals surface area contributed by atoms with Crippen LogP contribution in [0.1, 0.15) is 47.5 Å². The average molecular weight is 169 g/mol. The highest BCUT2D eigenvalue weighted by Gasteiger charge is 2.30. The summed E-state index contributed by atoms with van der Waals surface area (Å²) in [7, 11) is 0. The van der Waals surface area contributed by atoms with Crippen LogP contribution < -0.4 is 0 Å². The van der Waals surface area contributed by atoms with Gasteiger partial charge in [-0.15, -0.1) is 0 Å². The molecule has 0 saturated carbocycles. The monoisotopic (exact) mass is 169 g/mol. The summed E-state index contributed by atoms with van der Waals surface area (Å²) in [4.78, 5) is 2.63. The van der Waals surface area contributed by atoms with Crippen LogP contribution in [0.2, 0.25) is 0 Å². The molecule has 1 heterocycles. The number of hydrogen-bond acceptors (Lipinski definition) is 1. The third kappa shape index (κ3) is 2.22. The standard InChI is InChI=1S/C11H23N/c1-9-6-7-12(10(2)8-9)11(3,4)5/h9-10H,6-8H2,1-5H3. The number of hydrogen-bond donors (Lipinski definition) is 0. The minimum absolute atomic E-state index is 0.361. The summed E-state index contributed by atoms with van der Waals surface area (Å²) in [6.45, 7) is 13.0. The Labute approximate surface area is 77.1 Å². The molecular formula is C11H23N. The molecule has 1 aliphatic rings. The zero-order chi connectivity index (χ0) is 9.35. The maximum Gasteiger partial charge on any atom is 0.0127 e. The van der Waals surface area contributed by atoms with Crippen LogP contribution in [0, 0.1) is 5.92 Å². The van der Waals surface area contributed by atoms with E-state index in [1.807, 2.05) is 0 Å². The van der Waals surface area contributed by atoms with Crippen LogP contribution in [0.4, 0.5) is 0 Å². The topological polar surface area (TPSA) is 3.24 Å². The molecule has 1 fully saturated rings. The van der Waals surface area contributed by atoms with Gasteiger partial charge in [0.25, 0.3) is 0 Å². The van der Waals surface area contributed by atoms with E-state index in [0.29, 0.717) is 5.54 Å². The van der Waals surface area contributed by atoms with E-state index >= 15 is 0 Å². The van der Waals surface area contributed by atoms with Crippen molar-refractivity contribution in [3.63, 3.8) is 0 Å². The quantitative estimate of drug-likeness (QED) is 0.539. The van der Waals surface area contributed by atoms with Gasteiger partial charge in [-0.05, 0) is 53.0 Å². The number of likely N-dealkylation sites (tertiary alicyclic amines) is 1. The number of piperidine rings is 1. The smallest absolute Gasteiger partial charge is 0.0127 e. The first kappa shape index (κ1) is 10.0. The lowest BCUT2D eigenvalue weighted by molar-refractivity contribution is 0.0426. The zero-order valence-corrected chi connectivity index (χ0v) is 9.22. The van der Waals surface area contributed by atoms with Gasteiger partial charge in [0.05, 0.1) is 0 Å². The van der Waals surface area contributed by atoms with Crippen LogP contribution in [0.15, 0.2) is 0 Å². The van der Waals surface area contributed by atoms with Gasteiger partial charge in [0.15, 0.2) is 0 Å². The molecular weight excluding hydrogens is 146 g/mol. The molecule has 0 spiro atoms. The average Bonchev–Trinajstić information content (AvgIpc) is 1.83. The van der Waals surface area contributed by atoms with Gasteiger partial charge in [0.1, 0.15) is 0 Å². The predicted octanol–water partition coefficient (Wildman–Crippen LogP) is 2.91. The van der Waals surface area contributed by atoms with Crippen molar-refractivity contribution in [1.82, 2.24) is 4.90 Å². The van der Waals surface area contributed by atoms with Crippen molar-refractivity contribution in [1.29, 1.82) is 0 Å². The van der Waals surface area contributed by atoms with Crippen LogP contribution in [-0.2, 0) is 0 Å². The summed E-state index contributed by atoms with van der Waals surface area (Å²) < 4.78 is 0. The van der Waals surface area contributed by atoms with Gasteiger partial charge in [-0.3, -0.25) is 4.90 Å². The van der Waals surface area contributed by atoms with E-state index < -0.39 is 0 Å². The first-order chi connectivity index (χ1) is 5.41. The lowest BCUT2D eigenvalue weighted by Gasteiger charge is -2.45. The summed E-state index contributed by atoms with van der Waals surface area (Å²) in [5.74, 6) is 0.929. The van der Waals surface area contributed by atoms with Crippen LogP contribution in [-0.4, -0.2) is 23.0 Å². The maximum atomic E-state index is 2.63. The van der Waals surface area contributed by atoms with E-state index in [1.165, 1.54) is 19.4 Å². The van der Waals surface area contributed by atoms with E-state index in [4.69, 9.17) is 0 Å². The van der Waals surface area contributed by atoms with Crippen molar-refractivity contribution < 1.29 is 0 Å². The van der Waals surface area contributed by atoms with E-state index in [0.717, 1.165) is 12.0 Å². The molecule has 0 amide bonds. The van der Waals surface area contributed by atoms with Crippen molar-refractivity contribution in [2.75, 3.05) is 6.54 Å². The van der Waals surface area contributed by atoms with E-state index in [-0.39, 0.29) is 0 Å². The second kappa shape index (κ2) is 3.37. The largest absolute Gasteiger partial charge is 0.296 e. The number of rotatable bonds is 0. The number of nitrogens with zero attached hydrogens (tertiary/aromatic N) is 1. The van der Waals surface area contributed by atoms with Crippen molar-refractivity contribution in [3.05, 3.63) is 0 Å². The predicted molar refractivity (Wildman–Crippen MR) is 54.3 cm³/mol. The SMILES string of the molecule is CC1CCN(C(C)(C)C)C(C)C1. The lowest BCUT2D eigenvalue weighted by atomic mass is 9.89. The van der Waals surface area contributed by atoms with Gasteiger partial charge < -0.3 is 0 Å². The molecule has 1 nitrogen and oxygen atoms in total. The van der Waals surface area contributed by atoms with E-state index in [1.54, 1.807) is 0 Å². The summed E-state index contributed by atoms with van der Waals surface area (Å²) in [6.07, 6.45) is 2.75. The van der Waals surface area contributed by atoms with Crippen molar-refractivity contribution in [2.24, 2.45) is 5.92 Å². The van der Waals surface area contributed by atoms with E-state index in [2.05, 4.69) is 39.5 Å². The molecule has 0 aromatic heterocycles. The summed E-state index contributed by atoms with van der Waals surface area (Å²) in [5, 5.41) is 0. The van der Waals surface area contributed by atoms with Crippen molar-refractivity contribution in [2.45, 2.75) is 59.0 Å². The Morgan fingerprint density at radius 3 is 2.17 bits per heavy atom. The fraction of sp³-hybridized carbons (Fsp3) is 1.00. The third-order valence-corrected chi connectivity index (χ3v) is 3.00. The Kier molecular flexibility index (Phi) is 2.82. The van der Waals surface area contributed by atoms with Crippen molar-refractivity contribution >= 4 is 0 Å². The molecule has 12 heavy (non-hydrogen) atoms. The fourth-order valence-corrected chi connectivity index (χ4v) is 2.40. The van der Waals surface area contributed by atoms with Crippen LogP contribution >= 0.6 is 0 Å². The normalized spacial score (nSPS) is 33.8. The van der Waals surface area contributed by atoms with Gasteiger partial charge >= 0.3 is 0 Å². The molecule has 0 aliphatic carbocycles. The van der Waals surface area contributed by atoms with Crippen LogP contribution in [0.3, 0.4) is 0 Å². The Hall–Kier alpha value is -0.0400. The minimum atomic E-state index is 0.361. The molecule has 1 aliphatic heterocycles. The third-order valence-electron chi connectivity index (χ3n) is 3.00. The zero-order valence-electron chi connectivity index (χ0n) is 9.22. The van der Waals surface area contributed by atoms with E-state index in [9.17, 15) is 0 Å². The molecule has 0 radical (unpaired) electrons. The highest BCUT2D eigenvalue weighted by atomic mass is 15.2. The first-order valence-corrected chi connectivity index (χ1v) is 5.18. The Morgan fingerprint density at radius 2 is 1.75 bits per heavy atom. The molecule has 0 bridgehead atoms. The minimum Gasteiger partial charge on any atom is -0.296 e. The fourth-order valence-electron chi connectivity index (χ4n) is 2.40. The van der Waals surface area contributed by atoms with Gasteiger partial charge in [-0.2, -0.15) is 0 Å². The molecule has 0 aromatic carbocycles. The van der Waals surface area contributed by atoms with Crippen molar-refractivity contribution in [3.8, 4) is 0 Å². The Bertz CT molecular complexity index is 146. The molecule has 2 atom stereocenters. The Balaban J connectivity index is 2.57. The molecule has 1 saturated heterocycles. The second-order valence-corrected chi connectivity index (χ2v) is 5.34. The highest BCUT2D eigenvalue weighted by Crippen LogP contribution is 2.28. The molecule has 72 valence electrons. The van der Waals surface area contributed by atoms with Crippen LogP contribution in [0.25, 0.3) is 0 Å².